The van der Waals surface area contributed by atoms with Crippen LogP contribution < -0.4 is 5.32 Å². The molecule has 3 aromatic heterocycles. The van der Waals surface area contributed by atoms with E-state index in [9.17, 15) is 0 Å². The van der Waals surface area contributed by atoms with Gasteiger partial charge in [0.25, 0.3) is 5.71 Å². The van der Waals surface area contributed by atoms with Crippen molar-refractivity contribution in [3.05, 3.63) is 52.7 Å². The van der Waals surface area contributed by atoms with Gasteiger partial charge in [0.2, 0.25) is 0 Å². The summed E-state index contributed by atoms with van der Waals surface area (Å²) in [6.07, 6.45) is 1.46. The predicted octanol–water partition coefficient (Wildman–Crippen LogP) is 3.66. The van der Waals surface area contributed by atoms with Crippen LogP contribution in [0.1, 0.15) is 10.7 Å². The highest BCUT2D eigenvalue weighted by Crippen LogP contribution is 2.25. The number of anilines is 1. The van der Waals surface area contributed by atoms with Gasteiger partial charge < -0.3 is 9.84 Å². The minimum absolute atomic E-state index is 0.490. The van der Waals surface area contributed by atoms with Gasteiger partial charge in [0.15, 0.2) is 0 Å². The highest BCUT2D eigenvalue weighted by Gasteiger charge is 2.12. The number of hydrogen-bond donors (Lipinski definition) is 1. The van der Waals surface area contributed by atoms with Gasteiger partial charge in [0, 0.05) is 10.9 Å². The van der Waals surface area contributed by atoms with Gasteiger partial charge in [-0.1, -0.05) is 35.5 Å². The second kappa shape index (κ2) is 5.77. The Labute approximate surface area is 136 Å². The Balaban J connectivity index is 1.55. The lowest BCUT2D eigenvalue weighted by Crippen LogP contribution is -2.02. The van der Waals surface area contributed by atoms with Crippen LogP contribution >= 0.6 is 11.3 Å². The number of aryl methyl sites for hydroxylation is 1. The van der Waals surface area contributed by atoms with Crippen LogP contribution in [0.3, 0.4) is 0 Å². The Morgan fingerprint density at radius 1 is 1.17 bits per heavy atom. The standard InChI is InChI=1S/C16H13N5OS/c1-10-14-15(18-9-19-16(14)22-21-10)17-7-13-20-12(8-23-13)11-5-3-2-4-6-11/h2-6,8-9H,7H2,1H3,(H,17,18,19). The second-order valence-electron chi connectivity index (χ2n) is 5.02. The van der Waals surface area contributed by atoms with Crippen molar-refractivity contribution in [2.75, 3.05) is 5.32 Å². The molecule has 0 spiro atoms. The topological polar surface area (TPSA) is 76.7 Å². The summed E-state index contributed by atoms with van der Waals surface area (Å²) in [4.78, 5) is 13.0. The summed E-state index contributed by atoms with van der Waals surface area (Å²) in [5, 5.41) is 11.1. The molecule has 0 aliphatic rings. The van der Waals surface area contributed by atoms with Crippen molar-refractivity contribution in [2.24, 2.45) is 0 Å². The zero-order valence-electron chi connectivity index (χ0n) is 12.4. The highest BCUT2D eigenvalue weighted by atomic mass is 32.1. The van der Waals surface area contributed by atoms with Gasteiger partial charge in [-0.2, -0.15) is 4.98 Å². The van der Waals surface area contributed by atoms with Crippen molar-refractivity contribution >= 4 is 28.3 Å². The Hall–Kier alpha value is -2.80. The lowest BCUT2D eigenvalue weighted by Gasteiger charge is -2.03. The number of nitrogens with one attached hydrogen (secondary N) is 1. The Bertz CT molecular complexity index is 947. The molecule has 0 amide bonds. The molecule has 0 bridgehead atoms. The summed E-state index contributed by atoms with van der Waals surface area (Å²) in [6.45, 7) is 2.46. The first-order chi connectivity index (χ1) is 11.3. The Morgan fingerprint density at radius 2 is 2.04 bits per heavy atom. The number of thiazole rings is 1. The van der Waals surface area contributed by atoms with Crippen molar-refractivity contribution in [1.29, 1.82) is 0 Å². The molecule has 6 nitrogen and oxygen atoms in total. The number of rotatable bonds is 4. The van der Waals surface area contributed by atoms with E-state index in [1.807, 2.05) is 25.1 Å². The summed E-state index contributed by atoms with van der Waals surface area (Å²) >= 11 is 1.62. The molecule has 23 heavy (non-hydrogen) atoms. The van der Waals surface area contributed by atoms with Crippen molar-refractivity contribution in [1.82, 2.24) is 20.1 Å². The molecular weight excluding hydrogens is 310 g/mol. The monoisotopic (exact) mass is 323 g/mol. The van der Waals surface area contributed by atoms with E-state index in [4.69, 9.17) is 4.52 Å². The van der Waals surface area contributed by atoms with Gasteiger partial charge in [-0.15, -0.1) is 11.3 Å². The van der Waals surface area contributed by atoms with Gasteiger partial charge in [-0.05, 0) is 6.92 Å². The molecule has 0 atom stereocenters. The molecule has 0 radical (unpaired) electrons. The molecule has 0 saturated carbocycles. The van der Waals surface area contributed by atoms with Gasteiger partial charge in [-0.3, -0.25) is 0 Å². The molecule has 114 valence electrons. The number of nitrogens with zero attached hydrogens (tertiary/aromatic N) is 4. The number of hydrogen-bond acceptors (Lipinski definition) is 7. The quantitative estimate of drug-likeness (QED) is 0.617. The molecule has 0 saturated heterocycles. The molecule has 0 fully saturated rings. The van der Waals surface area contributed by atoms with Gasteiger partial charge >= 0.3 is 0 Å². The number of aromatic nitrogens is 4. The molecule has 3 heterocycles. The normalized spacial score (nSPS) is 11.0. The summed E-state index contributed by atoms with van der Waals surface area (Å²) in [6, 6.07) is 10.1. The van der Waals surface area contributed by atoms with Crippen LogP contribution in [-0.4, -0.2) is 20.1 Å². The van der Waals surface area contributed by atoms with Crippen LogP contribution in [0.25, 0.3) is 22.4 Å². The van der Waals surface area contributed by atoms with Crippen molar-refractivity contribution < 1.29 is 4.52 Å². The van der Waals surface area contributed by atoms with E-state index in [2.05, 4.69) is 42.9 Å². The van der Waals surface area contributed by atoms with E-state index in [1.165, 1.54) is 6.33 Å². The van der Waals surface area contributed by atoms with E-state index >= 15 is 0 Å². The minimum Gasteiger partial charge on any atom is -0.363 e. The summed E-state index contributed by atoms with van der Waals surface area (Å²) in [7, 11) is 0. The first-order valence-corrected chi connectivity index (χ1v) is 8.00. The Morgan fingerprint density at radius 3 is 2.91 bits per heavy atom. The van der Waals surface area contributed by atoms with Crippen molar-refractivity contribution in [3.8, 4) is 11.3 Å². The van der Waals surface area contributed by atoms with Gasteiger partial charge in [0.1, 0.15) is 22.5 Å². The lowest BCUT2D eigenvalue weighted by molar-refractivity contribution is 0.442. The summed E-state index contributed by atoms with van der Waals surface area (Å²) < 4.78 is 5.15. The maximum atomic E-state index is 5.15. The Kier molecular flexibility index (Phi) is 3.47. The van der Waals surface area contributed by atoms with Crippen LogP contribution in [-0.2, 0) is 6.54 Å². The average Bonchev–Trinajstić information content (AvgIpc) is 3.21. The molecule has 0 aliphatic carbocycles. The zero-order valence-corrected chi connectivity index (χ0v) is 13.2. The van der Waals surface area contributed by atoms with E-state index in [0.29, 0.717) is 18.1 Å². The van der Waals surface area contributed by atoms with E-state index in [-0.39, 0.29) is 0 Å². The summed E-state index contributed by atoms with van der Waals surface area (Å²) in [5.74, 6) is 0.713. The molecule has 1 aromatic carbocycles. The third kappa shape index (κ3) is 2.66. The third-order valence-electron chi connectivity index (χ3n) is 3.47. The third-order valence-corrected chi connectivity index (χ3v) is 4.32. The molecular formula is C16H13N5OS. The fourth-order valence-electron chi connectivity index (χ4n) is 2.35. The minimum atomic E-state index is 0.490. The summed E-state index contributed by atoms with van der Waals surface area (Å²) in [5.41, 5.74) is 3.37. The molecule has 0 aliphatic heterocycles. The first-order valence-electron chi connectivity index (χ1n) is 7.12. The molecule has 7 heteroatoms. The van der Waals surface area contributed by atoms with Crippen LogP contribution in [0.4, 0.5) is 5.82 Å². The number of fused-ring (bicyclic) bond motifs is 1. The fourth-order valence-corrected chi connectivity index (χ4v) is 3.09. The van der Waals surface area contributed by atoms with E-state index in [1.54, 1.807) is 11.3 Å². The lowest BCUT2D eigenvalue weighted by atomic mass is 10.2. The molecule has 4 aromatic rings. The predicted molar refractivity (Wildman–Crippen MR) is 89.2 cm³/mol. The highest BCUT2D eigenvalue weighted by molar-refractivity contribution is 7.09. The zero-order chi connectivity index (χ0) is 15.6. The maximum absolute atomic E-state index is 5.15. The van der Waals surface area contributed by atoms with Crippen LogP contribution in [0.5, 0.6) is 0 Å². The van der Waals surface area contributed by atoms with Crippen molar-refractivity contribution in [2.45, 2.75) is 13.5 Å². The van der Waals surface area contributed by atoms with Crippen molar-refractivity contribution in [3.63, 3.8) is 0 Å². The van der Waals surface area contributed by atoms with Gasteiger partial charge in [0.05, 0.1) is 17.9 Å². The van der Waals surface area contributed by atoms with Gasteiger partial charge in [-0.25, -0.2) is 9.97 Å². The SMILES string of the molecule is Cc1noc2ncnc(NCc3nc(-c4ccccc4)cs3)c12. The van der Waals surface area contributed by atoms with Crippen LogP contribution in [0.2, 0.25) is 0 Å². The molecule has 1 N–H and O–H groups in total. The first kappa shape index (κ1) is 13.8. The molecule has 0 unspecified atom stereocenters. The maximum Gasteiger partial charge on any atom is 0.263 e. The number of benzene rings is 1. The van der Waals surface area contributed by atoms with Crippen LogP contribution in [0, 0.1) is 6.92 Å². The van der Waals surface area contributed by atoms with E-state index < -0.39 is 0 Å². The smallest absolute Gasteiger partial charge is 0.263 e. The second-order valence-corrected chi connectivity index (χ2v) is 5.96. The van der Waals surface area contributed by atoms with Crippen LogP contribution in [0.15, 0.2) is 46.6 Å². The average molecular weight is 323 g/mol. The molecule has 4 rings (SSSR count). The largest absolute Gasteiger partial charge is 0.363 e. The fraction of sp³-hybridized carbons (Fsp3) is 0.125. The van der Waals surface area contributed by atoms with E-state index in [0.717, 1.165) is 27.3 Å².